The van der Waals surface area contributed by atoms with Gasteiger partial charge in [0.1, 0.15) is 10.8 Å². The molecule has 1 saturated heterocycles. The molecule has 2 unspecified atom stereocenters. The van der Waals surface area contributed by atoms with Crippen molar-refractivity contribution >= 4 is 23.0 Å². The molecule has 19 heavy (non-hydrogen) atoms. The van der Waals surface area contributed by atoms with Crippen LogP contribution in [0.5, 0.6) is 0 Å². The fourth-order valence-electron chi connectivity index (χ4n) is 2.77. The van der Waals surface area contributed by atoms with Crippen LogP contribution >= 0.6 is 12.2 Å². The number of pyridine rings is 1. The number of nitrogens with two attached hydrogens (primary N) is 1. The first-order valence-electron chi connectivity index (χ1n) is 6.59. The maximum absolute atomic E-state index is 5.82. The molecule has 0 bridgehead atoms. The van der Waals surface area contributed by atoms with E-state index in [1.807, 2.05) is 19.1 Å². The smallest absolute Gasteiger partial charge is 0.139 e. The minimum absolute atomic E-state index is 0.420. The number of aryl methyl sites for hydroxylation is 1. The highest BCUT2D eigenvalue weighted by molar-refractivity contribution is 7.80. The highest BCUT2D eigenvalue weighted by Crippen LogP contribution is 2.27. The molecule has 0 saturated carbocycles. The van der Waals surface area contributed by atoms with Crippen molar-refractivity contribution in [1.82, 2.24) is 9.88 Å². The molecule has 1 fully saturated rings. The topological polar surface area (TPSA) is 45.4 Å². The SMILES string of the molecule is Cc1ccc(C(N)=S)c(N2CC(C)C(N(C)C)C2)n1. The quantitative estimate of drug-likeness (QED) is 0.847. The second-order valence-electron chi connectivity index (χ2n) is 5.60. The summed E-state index contributed by atoms with van der Waals surface area (Å²) in [5.41, 5.74) is 7.69. The number of aromatic nitrogens is 1. The van der Waals surface area contributed by atoms with Gasteiger partial charge in [0.05, 0.1) is 5.56 Å². The fourth-order valence-corrected chi connectivity index (χ4v) is 2.93. The summed E-state index contributed by atoms with van der Waals surface area (Å²) in [7, 11) is 4.26. The highest BCUT2D eigenvalue weighted by atomic mass is 32.1. The van der Waals surface area contributed by atoms with Gasteiger partial charge in [-0.3, -0.25) is 0 Å². The van der Waals surface area contributed by atoms with Gasteiger partial charge < -0.3 is 15.5 Å². The number of anilines is 1. The van der Waals surface area contributed by atoms with Crippen LogP contribution in [0.3, 0.4) is 0 Å². The summed E-state index contributed by atoms with van der Waals surface area (Å²) in [5, 5.41) is 0. The summed E-state index contributed by atoms with van der Waals surface area (Å²) in [4.78, 5) is 9.65. The van der Waals surface area contributed by atoms with Crippen LogP contribution in [0.4, 0.5) is 5.82 Å². The van der Waals surface area contributed by atoms with Crippen LogP contribution in [0.25, 0.3) is 0 Å². The van der Waals surface area contributed by atoms with E-state index in [-0.39, 0.29) is 0 Å². The monoisotopic (exact) mass is 278 g/mol. The molecule has 5 heteroatoms. The van der Waals surface area contributed by atoms with E-state index in [9.17, 15) is 0 Å². The van der Waals surface area contributed by atoms with Gasteiger partial charge in [0, 0.05) is 24.8 Å². The van der Waals surface area contributed by atoms with Crippen molar-refractivity contribution in [3.63, 3.8) is 0 Å². The zero-order valence-electron chi connectivity index (χ0n) is 12.1. The summed E-state index contributed by atoms with van der Waals surface area (Å²) in [6.45, 7) is 6.24. The molecule has 0 radical (unpaired) electrons. The first-order valence-corrected chi connectivity index (χ1v) is 6.99. The number of hydrogen-bond donors (Lipinski definition) is 1. The van der Waals surface area contributed by atoms with Gasteiger partial charge in [0.15, 0.2) is 0 Å². The van der Waals surface area contributed by atoms with E-state index in [1.165, 1.54) is 0 Å². The van der Waals surface area contributed by atoms with Crippen LogP contribution in [-0.4, -0.2) is 48.1 Å². The van der Waals surface area contributed by atoms with E-state index in [4.69, 9.17) is 18.0 Å². The lowest BCUT2D eigenvalue weighted by atomic mass is 10.1. The van der Waals surface area contributed by atoms with Gasteiger partial charge in [-0.25, -0.2) is 4.98 Å². The second-order valence-corrected chi connectivity index (χ2v) is 6.04. The van der Waals surface area contributed by atoms with Crippen LogP contribution in [0.2, 0.25) is 0 Å². The Morgan fingerprint density at radius 1 is 1.42 bits per heavy atom. The predicted molar refractivity (Wildman–Crippen MR) is 83.7 cm³/mol. The minimum atomic E-state index is 0.420. The van der Waals surface area contributed by atoms with Crippen LogP contribution in [0.15, 0.2) is 12.1 Å². The van der Waals surface area contributed by atoms with Crippen molar-refractivity contribution in [2.24, 2.45) is 11.7 Å². The van der Waals surface area contributed by atoms with Gasteiger partial charge >= 0.3 is 0 Å². The molecule has 1 aliphatic heterocycles. The molecule has 2 N–H and O–H groups in total. The first kappa shape index (κ1) is 14.2. The van der Waals surface area contributed by atoms with E-state index in [0.29, 0.717) is 16.9 Å². The summed E-state index contributed by atoms with van der Waals surface area (Å²) in [6, 6.07) is 4.48. The molecule has 2 atom stereocenters. The van der Waals surface area contributed by atoms with Gasteiger partial charge in [0.2, 0.25) is 0 Å². The van der Waals surface area contributed by atoms with Crippen molar-refractivity contribution in [2.75, 3.05) is 32.1 Å². The molecule has 4 nitrogen and oxygen atoms in total. The van der Waals surface area contributed by atoms with Gasteiger partial charge in [-0.2, -0.15) is 0 Å². The second kappa shape index (κ2) is 5.43. The highest BCUT2D eigenvalue weighted by Gasteiger charge is 2.32. The Labute approximate surface area is 120 Å². The molecular weight excluding hydrogens is 256 g/mol. The lowest BCUT2D eigenvalue weighted by Crippen LogP contribution is -2.34. The van der Waals surface area contributed by atoms with E-state index < -0.39 is 0 Å². The van der Waals surface area contributed by atoms with Crippen molar-refractivity contribution in [2.45, 2.75) is 19.9 Å². The summed E-state index contributed by atoms with van der Waals surface area (Å²) in [5.74, 6) is 1.54. The molecule has 0 amide bonds. The standard InChI is InChI=1S/C14H22N4S/c1-9-7-18(8-12(9)17(3)4)14-11(13(15)19)6-5-10(2)16-14/h5-6,9,12H,7-8H2,1-4H3,(H2,15,19). The third-order valence-electron chi connectivity index (χ3n) is 3.82. The first-order chi connectivity index (χ1) is 8.90. The number of thiocarbonyl (C=S) groups is 1. The maximum atomic E-state index is 5.82. The zero-order chi connectivity index (χ0) is 14.2. The number of hydrogen-bond acceptors (Lipinski definition) is 4. The number of nitrogens with zero attached hydrogens (tertiary/aromatic N) is 3. The van der Waals surface area contributed by atoms with E-state index >= 15 is 0 Å². The molecule has 2 rings (SSSR count). The zero-order valence-corrected chi connectivity index (χ0v) is 12.9. The Kier molecular flexibility index (Phi) is 4.06. The normalized spacial score (nSPS) is 23.1. The molecular formula is C14H22N4S. The predicted octanol–water partition coefficient (Wildman–Crippen LogP) is 1.41. The lowest BCUT2D eigenvalue weighted by Gasteiger charge is -2.23. The van der Waals surface area contributed by atoms with Crippen molar-refractivity contribution in [3.05, 3.63) is 23.4 Å². The number of likely N-dealkylation sites (N-methyl/N-ethyl adjacent to an activating group) is 1. The third-order valence-corrected chi connectivity index (χ3v) is 4.04. The summed E-state index contributed by atoms with van der Waals surface area (Å²) in [6.07, 6.45) is 0. The molecule has 1 aromatic heterocycles. The Morgan fingerprint density at radius 2 is 2.11 bits per heavy atom. The van der Waals surface area contributed by atoms with Crippen LogP contribution in [0.1, 0.15) is 18.2 Å². The van der Waals surface area contributed by atoms with Gasteiger partial charge in [-0.15, -0.1) is 0 Å². The summed E-state index contributed by atoms with van der Waals surface area (Å²) >= 11 is 5.14. The van der Waals surface area contributed by atoms with Crippen LogP contribution in [0, 0.1) is 12.8 Å². The summed E-state index contributed by atoms with van der Waals surface area (Å²) < 4.78 is 0. The van der Waals surface area contributed by atoms with E-state index in [1.54, 1.807) is 0 Å². The van der Waals surface area contributed by atoms with Gasteiger partial charge in [0.25, 0.3) is 0 Å². The van der Waals surface area contributed by atoms with Crippen LogP contribution < -0.4 is 10.6 Å². The Morgan fingerprint density at radius 3 is 2.63 bits per heavy atom. The molecule has 104 valence electrons. The molecule has 1 aromatic rings. The largest absolute Gasteiger partial charge is 0.389 e. The van der Waals surface area contributed by atoms with Gasteiger partial charge in [-0.1, -0.05) is 19.1 Å². The average Bonchev–Trinajstić information content (AvgIpc) is 2.70. The number of rotatable bonds is 3. The average molecular weight is 278 g/mol. The van der Waals surface area contributed by atoms with Crippen molar-refractivity contribution in [3.8, 4) is 0 Å². The molecule has 1 aliphatic rings. The molecule has 0 spiro atoms. The van der Waals surface area contributed by atoms with Crippen molar-refractivity contribution in [1.29, 1.82) is 0 Å². The minimum Gasteiger partial charge on any atom is -0.389 e. The van der Waals surface area contributed by atoms with E-state index in [0.717, 1.165) is 30.2 Å². The molecule has 0 aliphatic carbocycles. The Balaban J connectivity index is 2.33. The fraction of sp³-hybridized carbons (Fsp3) is 0.571. The third kappa shape index (κ3) is 2.87. The molecule has 0 aromatic carbocycles. The van der Waals surface area contributed by atoms with Crippen LogP contribution in [-0.2, 0) is 0 Å². The molecule has 2 heterocycles. The van der Waals surface area contributed by atoms with Crippen molar-refractivity contribution < 1.29 is 0 Å². The van der Waals surface area contributed by atoms with E-state index in [2.05, 4.69) is 35.8 Å². The Hall–Kier alpha value is -1.20. The van der Waals surface area contributed by atoms with Gasteiger partial charge in [-0.05, 0) is 39.1 Å². The lowest BCUT2D eigenvalue weighted by molar-refractivity contribution is 0.266. The maximum Gasteiger partial charge on any atom is 0.139 e. The Bertz CT molecular complexity index is 486.